The highest BCUT2D eigenvalue weighted by Gasteiger charge is 2.50. The van der Waals surface area contributed by atoms with Gasteiger partial charge in [0.15, 0.2) is 0 Å². The van der Waals surface area contributed by atoms with Gasteiger partial charge in [0.2, 0.25) is 0 Å². The van der Waals surface area contributed by atoms with E-state index in [-0.39, 0.29) is 0 Å². The van der Waals surface area contributed by atoms with Crippen molar-refractivity contribution in [3.8, 4) is 0 Å². The second kappa shape index (κ2) is 7.24. The molecule has 0 aromatic heterocycles. The SMILES string of the molecule is CC1=C(C)C(COCCNC23CC4CC(CC(C4)C2)C3)c2c(C)c(C)[c]c(C)c21. The Morgan fingerprint density at radius 2 is 1.55 bits per heavy atom. The van der Waals surface area contributed by atoms with Crippen molar-refractivity contribution in [3.63, 3.8) is 0 Å². The standard InChI is InChI=1S/C27H38NO/c1-16-8-17(2)25-20(5)19(4)24(26(25)18(16)3)15-29-7-6-28-27-12-21-9-22(13-27)11-23(10-21)14-27/h21-24,28H,6-7,9-15H2,1-5H3. The predicted octanol–water partition coefficient (Wildman–Crippen LogP) is 5.88. The molecule has 0 aliphatic heterocycles. The Labute approximate surface area is 177 Å². The van der Waals surface area contributed by atoms with E-state index in [1.807, 2.05) is 0 Å². The molecule has 1 radical (unpaired) electrons. The van der Waals surface area contributed by atoms with Gasteiger partial charge in [-0.05, 0) is 130 Å². The molecule has 157 valence electrons. The van der Waals surface area contributed by atoms with Gasteiger partial charge in [0.25, 0.3) is 0 Å². The van der Waals surface area contributed by atoms with E-state index in [1.54, 1.807) is 0 Å². The van der Waals surface area contributed by atoms with Crippen molar-refractivity contribution < 1.29 is 4.74 Å². The topological polar surface area (TPSA) is 21.3 Å². The van der Waals surface area contributed by atoms with Crippen LogP contribution in [0.15, 0.2) is 5.57 Å². The number of ether oxygens (including phenoxy) is 1. The molecule has 0 heterocycles. The fourth-order valence-electron chi connectivity index (χ4n) is 7.75. The molecule has 29 heavy (non-hydrogen) atoms. The molecule has 2 nitrogen and oxygen atoms in total. The Balaban J connectivity index is 1.19. The molecule has 1 atom stereocenters. The van der Waals surface area contributed by atoms with Crippen molar-refractivity contribution in [3.05, 3.63) is 39.5 Å². The number of allylic oxidation sites excluding steroid dienone is 1. The largest absolute Gasteiger partial charge is 0.379 e. The van der Waals surface area contributed by atoms with Gasteiger partial charge in [-0.3, -0.25) is 0 Å². The molecule has 1 aromatic carbocycles. The third-order valence-corrected chi connectivity index (χ3v) is 8.89. The molecule has 0 spiro atoms. The third-order valence-electron chi connectivity index (χ3n) is 8.89. The van der Waals surface area contributed by atoms with Crippen LogP contribution in [0, 0.1) is 44.6 Å². The van der Waals surface area contributed by atoms with Crippen LogP contribution in [0.3, 0.4) is 0 Å². The molecule has 0 saturated heterocycles. The van der Waals surface area contributed by atoms with Crippen molar-refractivity contribution in [1.29, 1.82) is 0 Å². The number of rotatable bonds is 6. The molecule has 4 bridgehead atoms. The molecule has 1 unspecified atom stereocenters. The van der Waals surface area contributed by atoms with Gasteiger partial charge < -0.3 is 10.1 Å². The molecular weight excluding hydrogens is 354 g/mol. The summed E-state index contributed by atoms with van der Waals surface area (Å²) in [5.41, 5.74) is 10.3. The number of nitrogens with one attached hydrogen (secondary N) is 1. The fraction of sp³-hybridized carbons (Fsp3) is 0.704. The van der Waals surface area contributed by atoms with Crippen LogP contribution in [0.1, 0.15) is 86.1 Å². The summed E-state index contributed by atoms with van der Waals surface area (Å²) in [4.78, 5) is 0. The molecule has 4 saturated carbocycles. The zero-order valence-electron chi connectivity index (χ0n) is 19.1. The number of benzene rings is 1. The van der Waals surface area contributed by atoms with E-state index in [2.05, 4.69) is 46.0 Å². The summed E-state index contributed by atoms with van der Waals surface area (Å²) in [5, 5.41) is 3.98. The molecule has 0 amide bonds. The second-order valence-electron chi connectivity index (χ2n) is 10.8. The van der Waals surface area contributed by atoms with Crippen LogP contribution in [0.5, 0.6) is 0 Å². The lowest BCUT2D eigenvalue weighted by Gasteiger charge is -2.57. The van der Waals surface area contributed by atoms with Gasteiger partial charge >= 0.3 is 0 Å². The Bertz CT molecular complexity index is 813. The van der Waals surface area contributed by atoms with Gasteiger partial charge in [-0.15, -0.1) is 0 Å². The number of fused-ring (bicyclic) bond motifs is 1. The molecule has 4 fully saturated rings. The first-order valence-electron chi connectivity index (χ1n) is 11.9. The zero-order chi connectivity index (χ0) is 20.3. The number of hydrogen-bond donors (Lipinski definition) is 1. The normalized spacial score (nSPS) is 34.9. The van der Waals surface area contributed by atoms with E-state index in [9.17, 15) is 0 Å². The van der Waals surface area contributed by atoms with Gasteiger partial charge in [-0.2, -0.15) is 0 Å². The maximum atomic E-state index is 6.28. The minimum Gasteiger partial charge on any atom is -0.379 e. The van der Waals surface area contributed by atoms with E-state index in [0.717, 1.165) is 37.5 Å². The molecule has 1 N–H and O–H groups in total. The highest BCUT2D eigenvalue weighted by atomic mass is 16.5. The summed E-state index contributed by atoms with van der Waals surface area (Å²) in [6.45, 7) is 13.9. The van der Waals surface area contributed by atoms with Gasteiger partial charge in [-0.1, -0.05) is 5.57 Å². The monoisotopic (exact) mass is 392 g/mol. The van der Waals surface area contributed by atoms with Crippen LogP contribution in [-0.4, -0.2) is 25.3 Å². The third kappa shape index (κ3) is 3.31. The Hall–Kier alpha value is -1.12. The van der Waals surface area contributed by atoms with E-state index in [4.69, 9.17) is 4.74 Å². The molecule has 5 aliphatic rings. The molecule has 6 rings (SSSR count). The lowest BCUT2D eigenvalue weighted by molar-refractivity contribution is -0.0230. The van der Waals surface area contributed by atoms with Gasteiger partial charge in [0, 0.05) is 18.0 Å². The van der Waals surface area contributed by atoms with E-state index in [0.29, 0.717) is 11.5 Å². The van der Waals surface area contributed by atoms with Crippen LogP contribution in [0.4, 0.5) is 0 Å². The quantitative estimate of drug-likeness (QED) is 0.611. The van der Waals surface area contributed by atoms with Crippen molar-refractivity contribution in [2.45, 2.75) is 84.6 Å². The Kier molecular flexibility index (Phi) is 4.95. The Morgan fingerprint density at radius 1 is 0.931 bits per heavy atom. The van der Waals surface area contributed by atoms with E-state index in [1.165, 1.54) is 77.5 Å². The molecule has 1 aromatic rings. The van der Waals surface area contributed by atoms with Gasteiger partial charge in [0.05, 0.1) is 13.2 Å². The molecule has 2 heteroatoms. The zero-order valence-corrected chi connectivity index (χ0v) is 19.1. The summed E-state index contributed by atoms with van der Waals surface area (Å²) in [6, 6.07) is 3.56. The fourth-order valence-corrected chi connectivity index (χ4v) is 7.75. The maximum Gasteiger partial charge on any atom is 0.0591 e. The Morgan fingerprint density at radius 3 is 2.17 bits per heavy atom. The average Bonchev–Trinajstić information content (AvgIpc) is 2.90. The summed E-state index contributed by atoms with van der Waals surface area (Å²) in [5.74, 6) is 3.43. The van der Waals surface area contributed by atoms with Crippen LogP contribution in [-0.2, 0) is 4.74 Å². The maximum absolute atomic E-state index is 6.28. The number of aryl methyl sites for hydroxylation is 2. The van der Waals surface area contributed by atoms with Crippen molar-refractivity contribution in [2.75, 3.05) is 19.8 Å². The minimum atomic E-state index is 0.413. The van der Waals surface area contributed by atoms with Crippen molar-refractivity contribution in [2.24, 2.45) is 17.8 Å². The first-order valence-corrected chi connectivity index (χ1v) is 11.9. The van der Waals surface area contributed by atoms with Crippen LogP contribution >= 0.6 is 0 Å². The molecule has 5 aliphatic carbocycles. The lowest BCUT2D eigenvalue weighted by Crippen LogP contribution is -2.58. The first kappa shape index (κ1) is 19.8. The summed E-state index contributed by atoms with van der Waals surface area (Å²) in [6.07, 6.45) is 8.80. The predicted molar refractivity (Wildman–Crippen MR) is 120 cm³/mol. The minimum absolute atomic E-state index is 0.413. The second-order valence-corrected chi connectivity index (χ2v) is 10.8. The lowest BCUT2D eigenvalue weighted by atomic mass is 9.53. The summed E-state index contributed by atoms with van der Waals surface area (Å²) < 4.78 is 6.28. The highest BCUT2D eigenvalue weighted by Crippen LogP contribution is 2.55. The first-order chi connectivity index (χ1) is 13.9. The van der Waals surface area contributed by atoms with Crippen LogP contribution < -0.4 is 5.32 Å². The summed E-state index contributed by atoms with van der Waals surface area (Å²) >= 11 is 0. The van der Waals surface area contributed by atoms with E-state index >= 15 is 0 Å². The van der Waals surface area contributed by atoms with Crippen molar-refractivity contribution in [1.82, 2.24) is 5.32 Å². The highest BCUT2D eigenvalue weighted by molar-refractivity contribution is 5.80. The molecular formula is C27H38NO. The smallest absolute Gasteiger partial charge is 0.0591 e. The van der Waals surface area contributed by atoms with Gasteiger partial charge in [-0.25, -0.2) is 0 Å². The average molecular weight is 393 g/mol. The van der Waals surface area contributed by atoms with Crippen molar-refractivity contribution >= 4 is 5.57 Å². The summed E-state index contributed by atoms with van der Waals surface area (Å²) in [7, 11) is 0. The van der Waals surface area contributed by atoms with Crippen LogP contribution in [0.25, 0.3) is 5.57 Å². The van der Waals surface area contributed by atoms with Gasteiger partial charge in [0.1, 0.15) is 0 Å². The number of hydrogen-bond acceptors (Lipinski definition) is 2. The van der Waals surface area contributed by atoms with Crippen LogP contribution in [0.2, 0.25) is 0 Å². The van der Waals surface area contributed by atoms with E-state index < -0.39 is 0 Å².